The van der Waals surface area contributed by atoms with Gasteiger partial charge in [0.05, 0.1) is 17.6 Å². The van der Waals surface area contributed by atoms with Gasteiger partial charge in [0.15, 0.2) is 0 Å². The minimum Gasteiger partial charge on any atom is -0.480 e. The Kier molecular flexibility index (Phi) is 8.00. The van der Waals surface area contributed by atoms with Crippen LogP contribution in [-0.4, -0.2) is 42.6 Å². The first kappa shape index (κ1) is 28.9. The predicted molar refractivity (Wildman–Crippen MR) is 155 cm³/mol. The fourth-order valence-electron chi connectivity index (χ4n) is 4.88. The number of hydrogen-bond donors (Lipinski definition) is 3. The number of nitrogens with zero attached hydrogens (tertiary/aromatic N) is 3. The van der Waals surface area contributed by atoms with E-state index in [9.17, 15) is 17.2 Å². The lowest BCUT2D eigenvalue weighted by Gasteiger charge is -2.27. The summed E-state index contributed by atoms with van der Waals surface area (Å²) < 4.78 is 63.3. The number of aromatic nitrogens is 3. The Morgan fingerprint density at radius 1 is 1.07 bits per heavy atom. The number of pyridine rings is 1. The molecule has 0 amide bonds. The molecule has 1 saturated carbocycles. The number of halogens is 3. The molecule has 0 radical (unpaired) electrons. The molecule has 0 aliphatic heterocycles. The van der Waals surface area contributed by atoms with Crippen molar-refractivity contribution in [1.29, 1.82) is 0 Å². The van der Waals surface area contributed by atoms with Gasteiger partial charge in [0.1, 0.15) is 10.7 Å². The van der Waals surface area contributed by atoms with Gasteiger partial charge in [-0.15, -0.1) is 0 Å². The van der Waals surface area contributed by atoms with Gasteiger partial charge in [0.2, 0.25) is 11.8 Å². The minimum atomic E-state index is -4.05. The van der Waals surface area contributed by atoms with E-state index in [1.807, 2.05) is 0 Å². The maximum Gasteiger partial charge on any atom is 0.272 e. The van der Waals surface area contributed by atoms with Crippen LogP contribution in [0.5, 0.6) is 5.88 Å². The predicted octanol–water partition coefficient (Wildman–Crippen LogP) is 5.95. The molecule has 2 heterocycles. The topological polar surface area (TPSA) is 132 Å². The zero-order valence-electron chi connectivity index (χ0n) is 22.4. The molecule has 0 bridgehead atoms. The first-order chi connectivity index (χ1) is 19.4. The summed E-state index contributed by atoms with van der Waals surface area (Å²) in [5.74, 6) is -2.94. The maximum absolute atomic E-state index is 14.9. The Hall–Kier alpha value is -3.61. The van der Waals surface area contributed by atoms with E-state index in [4.69, 9.17) is 22.1 Å². The van der Waals surface area contributed by atoms with Gasteiger partial charge in [-0.25, -0.2) is 27.2 Å². The monoisotopic (exact) mass is 602 g/mol. The molecule has 0 saturated heterocycles. The standard InChI is InChI=1S/C28H29ClF2N6O3S/c1-28(30,31)21-14-16(13-17-15-33-27(36-25(17)21)34-19-9-7-18(32)8-10-19)20-11-12-24(35-26(20)40-2)37-41(38,39)23-6-4-3-5-22(23)29/h3-6,11-15,18-19H,7-10,32H2,1-2H3,(H,35,37)(H,33,34,36). The van der Waals surface area contributed by atoms with Gasteiger partial charge in [-0.1, -0.05) is 23.7 Å². The van der Waals surface area contributed by atoms with Crippen LogP contribution in [0.25, 0.3) is 22.0 Å². The number of hydrogen-bond acceptors (Lipinski definition) is 8. The fraction of sp³-hybridized carbons (Fsp3) is 0.321. The van der Waals surface area contributed by atoms with Crippen molar-refractivity contribution in [2.45, 2.75) is 55.5 Å². The molecule has 13 heteroatoms. The molecule has 2 aromatic carbocycles. The van der Waals surface area contributed by atoms with E-state index in [1.54, 1.807) is 24.3 Å². The molecule has 5 rings (SSSR count). The summed E-state index contributed by atoms with van der Waals surface area (Å²) in [6.07, 6.45) is 4.97. The molecule has 4 aromatic rings. The number of benzene rings is 2. The number of fused-ring (bicyclic) bond motifs is 1. The van der Waals surface area contributed by atoms with Crippen LogP contribution in [0, 0.1) is 0 Å². The van der Waals surface area contributed by atoms with Crippen LogP contribution in [-0.2, 0) is 15.9 Å². The molecule has 2 aromatic heterocycles. The minimum absolute atomic E-state index is 0.0313. The number of ether oxygens (including phenoxy) is 1. The van der Waals surface area contributed by atoms with Crippen molar-refractivity contribution in [3.05, 3.63) is 65.3 Å². The maximum atomic E-state index is 14.9. The number of methoxy groups -OCH3 is 1. The van der Waals surface area contributed by atoms with Crippen molar-refractivity contribution in [1.82, 2.24) is 15.0 Å². The van der Waals surface area contributed by atoms with Gasteiger partial charge in [-0.3, -0.25) is 4.72 Å². The lowest BCUT2D eigenvalue weighted by atomic mass is 9.92. The number of nitrogens with one attached hydrogen (secondary N) is 2. The first-order valence-corrected chi connectivity index (χ1v) is 14.8. The van der Waals surface area contributed by atoms with E-state index < -0.39 is 15.9 Å². The van der Waals surface area contributed by atoms with Crippen LogP contribution in [0.15, 0.2) is 59.6 Å². The number of rotatable bonds is 8. The van der Waals surface area contributed by atoms with Crippen LogP contribution in [0.4, 0.5) is 20.5 Å². The second kappa shape index (κ2) is 11.3. The lowest BCUT2D eigenvalue weighted by Crippen LogP contribution is -2.33. The van der Waals surface area contributed by atoms with Crippen molar-refractivity contribution in [3.8, 4) is 17.0 Å². The summed E-state index contributed by atoms with van der Waals surface area (Å²) >= 11 is 6.06. The summed E-state index contributed by atoms with van der Waals surface area (Å²) in [6, 6.07) is 12.3. The quantitative estimate of drug-likeness (QED) is 0.225. The van der Waals surface area contributed by atoms with Crippen LogP contribution < -0.4 is 20.5 Å². The highest BCUT2D eigenvalue weighted by molar-refractivity contribution is 7.92. The second-order valence-electron chi connectivity index (χ2n) is 10.1. The zero-order valence-corrected chi connectivity index (χ0v) is 23.9. The Morgan fingerprint density at radius 3 is 2.49 bits per heavy atom. The third-order valence-corrected chi connectivity index (χ3v) is 8.85. The molecule has 41 heavy (non-hydrogen) atoms. The van der Waals surface area contributed by atoms with Crippen molar-refractivity contribution >= 4 is 44.3 Å². The largest absolute Gasteiger partial charge is 0.480 e. The molecule has 1 aliphatic rings. The van der Waals surface area contributed by atoms with Crippen LogP contribution in [0.2, 0.25) is 5.02 Å². The number of anilines is 2. The summed E-state index contributed by atoms with van der Waals surface area (Å²) in [4.78, 5) is 13.0. The van der Waals surface area contributed by atoms with E-state index in [1.165, 1.54) is 37.6 Å². The zero-order chi connectivity index (χ0) is 29.4. The van der Waals surface area contributed by atoms with Crippen LogP contribution in [0.1, 0.15) is 38.2 Å². The van der Waals surface area contributed by atoms with E-state index in [0.29, 0.717) is 16.5 Å². The summed E-state index contributed by atoms with van der Waals surface area (Å²) in [7, 11) is -2.69. The van der Waals surface area contributed by atoms with Gasteiger partial charge in [-0.2, -0.15) is 4.98 Å². The van der Waals surface area contributed by atoms with Crippen molar-refractivity contribution in [3.63, 3.8) is 0 Å². The molecule has 9 nitrogen and oxygen atoms in total. The average Bonchev–Trinajstić information content (AvgIpc) is 2.93. The van der Waals surface area contributed by atoms with E-state index in [-0.39, 0.29) is 50.7 Å². The Morgan fingerprint density at radius 2 is 1.80 bits per heavy atom. The number of nitrogens with two attached hydrogens (primary N) is 1. The highest BCUT2D eigenvalue weighted by atomic mass is 35.5. The van der Waals surface area contributed by atoms with Crippen molar-refractivity contribution in [2.24, 2.45) is 5.73 Å². The molecular formula is C28H29ClF2N6O3S. The number of sulfonamides is 1. The molecular weight excluding hydrogens is 574 g/mol. The average molecular weight is 603 g/mol. The van der Waals surface area contributed by atoms with Crippen LogP contribution >= 0.6 is 11.6 Å². The van der Waals surface area contributed by atoms with Crippen LogP contribution in [0.3, 0.4) is 0 Å². The fourth-order valence-corrected chi connectivity index (χ4v) is 6.40. The Bertz CT molecular complexity index is 1690. The Balaban J connectivity index is 1.50. The van der Waals surface area contributed by atoms with E-state index in [2.05, 4.69) is 25.0 Å². The number of alkyl halides is 2. The molecule has 0 atom stereocenters. The first-order valence-electron chi connectivity index (χ1n) is 13.0. The molecule has 4 N–H and O–H groups in total. The van der Waals surface area contributed by atoms with Gasteiger partial charge in [0.25, 0.3) is 15.9 Å². The lowest BCUT2D eigenvalue weighted by molar-refractivity contribution is 0.0189. The third-order valence-electron chi connectivity index (χ3n) is 6.99. The van der Waals surface area contributed by atoms with Crippen molar-refractivity contribution in [2.75, 3.05) is 17.1 Å². The SMILES string of the molecule is COc1nc(NS(=O)(=O)c2ccccc2Cl)ccc1-c1cc(C(C)(F)F)c2nc(NC3CCC(N)CC3)ncc2c1. The summed E-state index contributed by atoms with van der Waals surface area (Å²) in [6.45, 7) is 0.811. The normalized spacial score (nSPS) is 17.8. The van der Waals surface area contributed by atoms with Gasteiger partial charge < -0.3 is 15.8 Å². The van der Waals surface area contributed by atoms with E-state index in [0.717, 1.165) is 32.6 Å². The highest BCUT2D eigenvalue weighted by Crippen LogP contribution is 2.39. The van der Waals surface area contributed by atoms with Gasteiger partial charge >= 0.3 is 0 Å². The highest BCUT2D eigenvalue weighted by Gasteiger charge is 2.30. The van der Waals surface area contributed by atoms with E-state index >= 15 is 0 Å². The summed E-state index contributed by atoms with van der Waals surface area (Å²) in [5.41, 5.74) is 6.59. The molecule has 1 aliphatic carbocycles. The second-order valence-corrected chi connectivity index (χ2v) is 12.1. The molecule has 216 valence electrons. The summed E-state index contributed by atoms with van der Waals surface area (Å²) in [5, 5.41) is 3.72. The van der Waals surface area contributed by atoms with Gasteiger partial charge in [-0.05, 0) is 67.6 Å². The molecule has 1 fully saturated rings. The molecule has 0 spiro atoms. The smallest absolute Gasteiger partial charge is 0.272 e. The molecule has 0 unspecified atom stereocenters. The third kappa shape index (κ3) is 6.34. The van der Waals surface area contributed by atoms with Gasteiger partial charge in [0, 0.05) is 41.7 Å². The van der Waals surface area contributed by atoms with Crippen molar-refractivity contribution < 1.29 is 21.9 Å². The Labute approximate surface area is 241 Å².